The first-order valence-electron chi connectivity index (χ1n) is 12.9. The Labute approximate surface area is 226 Å². The molecule has 1 fully saturated rings. The Bertz CT molecular complexity index is 1520. The molecule has 1 atom stereocenters. The summed E-state index contributed by atoms with van der Waals surface area (Å²) < 4.78 is 13.0. The van der Waals surface area contributed by atoms with Crippen LogP contribution in [0.2, 0.25) is 0 Å². The number of carbonyl (C=O) groups is 2. The fourth-order valence-corrected chi connectivity index (χ4v) is 4.72. The molecule has 2 aromatic carbocycles. The third-order valence-electron chi connectivity index (χ3n) is 6.74. The minimum absolute atomic E-state index is 0.0751. The Morgan fingerprint density at radius 3 is 2.64 bits per heavy atom. The van der Waals surface area contributed by atoms with Crippen molar-refractivity contribution in [3.05, 3.63) is 77.6 Å². The molecule has 1 unspecified atom stereocenters. The second kappa shape index (κ2) is 11.5. The number of nitrogens with zero attached hydrogens (tertiary/aromatic N) is 3. The van der Waals surface area contributed by atoms with Crippen LogP contribution in [0.1, 0.15) is 36.2 Å². The van der Waals surface area contributed by atoms with Crippen LogP contribution in [-0.4, -0.2) is 52.9 Å². The van der Waals surface area contributed by atoms with Crippen LogP contribution in [0.15, 0.2) is 60.7 Å². The number of para-hydroxylation sites is 1. The number of carbonyl (C=O) groups excluding carboxylic acids is 2. The average Bonchev–Trinajstić information content (AvgIpc) is 3.59. The predicted molar refractivity (Wildman–Crippen MR) is 149 cm³/mol. The maximum Gasteiger partial charge on any atom is 0.407 e. The zero-order chi connectivity index (χ0) is 27.4. The number of aromatic nitrogens is 3. The Hall–Kier alpha value is -4.44. The molecular weight excluding hydrogens is 496 g/mol. The minimum Gasteiger partial charge on any atom is -0.448 e. The van der Waals surface area contributed by atoms with Gasteiger partial charge in [-0.2, -0.15) is 0 Å². The number of fused-ring (bicyclic) bond motifs is 3. The molecule has 1 aliphatic rings. The molecule has 2 aromatic heterocycles. The molecule has 2 amide bonds. The summed E-state index contributed by atoms with van der Waals surface area (Å²) in [6.07, 6.45) is 0.366. The zero-order valence-electron chi connectivity index (χ0n) is 21.9. The molecular formula is C29H32N6O4. The summed E-state index contributed by atoms with van der Waals surface area (Å²) in [7, 11) is 0. The molecule has 10 nitrogen and oxygen atoms in total. The zero-order valence-corrected chi connectivity index (χ0v) is 21.9. The summed E-state index contributed by atoms with van der Waals surface area (Å²) in [5, 5.41) is 6.36. The third-order valence-corrected chi connectivity index (χ3v) is 6.74. The predicted octanol–water partition coefficient (Wildman–Crippen LogP) is 3.64. The number of nitrogens with one attached hydrogen (secondary N) is 2. The number of hydrogen-bond donors (Lipinski definition) is 3. The van der Waals surface area contributed by atoms with Gasteiger partial charge in [0.25, 0.3) is 0 Å². The molecule has 1 saturated heterocycles. The highest BCUT2D eigenvalue weighted by Crippen LogP contribution is 2.34. The molecule has 0 saturated carbocycles. The van der Waals surface area contributed by atoms with Crippen molar-refractivity contribution in [3.8, 4) is 0 Å². The van der Waals surface area contributed by atoms with Gasteiger partial charge < -0.3 is 30.4 Å². The number of amides is 2. The fraction of sp³-hybridized carbons (Fsp3) is 0.310. The van der Waals surface area contributed by atoms with Crippen LogP contribution in [0.5, 0.6) is 0 Å². The van der Waals surface area contributed by atoms with E-state index in [2.05, 4.69) is 32.8 Å². The maximum atomic E-state index is 12.0. The van der Waals surface area contributed by atoms with E-state index in [1.165, 1.54) is 0 Å². The van der Waals surface area contributed by atoms with Gasteiger partial charge in [-0.25, -0.2) is 14.8 Å². The number of rotatable bonds is 9. The Balaban J connectivity index is 1.29. The Morgan fingerprint density at radius 2 is 1.90 bits per heavy atom. The van der Waals surface area contributed by atoms with Crippen LogP contribution >= 0.6 is 0 Å². The van der Waals surface area contributed by atoms with E-state index in [-0.39, 0.29) is 25.0 Å². The summed E-state index contributed by atoms with van der Waals surface area (Å²) in [5.74, 6) is 1.31. The van der Waals surface area contributed by atoms with Crippen LogP contribution in [0.4, 0.5) is 10.6 Å². The molecule has 0 spiro atoms. The van der Waals surface area contributed by atoms with Gasteiger partial charge in [-0.1, -0.05) is 49.0 Å². The van der Waals surface area contributed by atoms with Crippen LogP contribution in [-0.2, 0) is 27.4 Å². The van der Waals surface area contributed by atoms with Gasteiger partial charge in [-0.15, -0.1) is 0 Å². The van der Waals surface area contributed by atoms with Crippen molar-refractivity contribution in [3.63, 3.8) is 0 Å². The van der Waals surface area contributed by atoms with E-state index >= 15 is 0 Å². The van der Waals surface area contributed by atoms with Crippen molar-refractivity contribution in [2.45, 2.75) is 32.4 Å². The lowest BCUT2D eigenvalue weighted by Gasteiger charge is -2.14. The first-order valence-corrected chi connectivity index (χ1v) is 12.9. The van der Waals surface area contributed by atoms with Crippen LogP contribution in [0.3, 0.4) is 0 Å². The van der Waals surface area contributed by atoms with E-state index in [9.17, 15) is 9.59 Å². The number of alkyl carbamates (subject to hydrolysis) is 1. The van der Waals surface area contributed by atoms with E-state index < -0.39 is 6.09 Å². The van der Waals surface area contributed by atoms with Crippen LogP contribution in [0.25, 0.3) is 21.9 Å². The molecule has 0 bridgehead atoms. The monoisotopic (exact) mass is 528 g/mol. The Morgan fingerprint density at radius 1 is 1.13 bits per heavy atom. The molecule has 5 rings (SSSR count). The van der Waals surface area contributed by atoms with Crippen molar-refractivity contribution in [1.82, 2.24) is 25.2 Å². The highest BCUT2D eigenvalue weighted by molar-refractivity contribution is 6.06. The van der Waals surface area contributed by atoms with E-state index in [0.29, 0.717) is 36.6 Å². The first-order chi connectivity index (χ1) is 18.9. The number of nitrogen functional groups attached to an aromatic ring is 1. The second-order valence-electron chi connectivity index (χ2n) is 9.67. The van der Waals surface area contributed by atoms with Gasteiger partial charge in [0.1, 0.15) is 17.9 Å². The van der Waals surface area contributed by atoms with Gasteiger partial charge in [-0.3, -0.25) is 4.79 Å². The number of ether oxygens (including phenoxy) is 2. The van der Waals surface area contributed by atoms with Gasteiger partial charge in [0.15, 0.2) is 5.82 Å². The molecule has 0 aliphatic carbocycles. The third kappa shape index (κ3) is 5.85. The first kappa shape index (κ1) is 26.2. The standard InChI is InChI=1S/C29H32N6O4/c1-18(2)28(36)31-12-14-39-29(37)32-15-19-7-9-20(10-8-19)16-35-25-22-5-3-4-6-23(22)33-26(30)24(25)34-27(35)21-11-13-38-17-21/h3-10,21H,1,11-17H2,2H3,(H2,30,33)(H,31,36)(H,32,37). The highest BCUT2D eigenvalue weighted by atomic mass is 16.5. The van der Waals surface area contributed by atoms with Crippen molar-refractivity contribution in [1.29, 1.82) is 0 Å². The van der Waals surface area contributed by atoms with Crippen molar-refractivity contribution >= 4 is 39.8 Å². The summed E-state index contributed by atoms with van der Waals surface area (Å²) in [6.45, 7) is 7.76. The number of imidazole rings is 1. The lowest BCUT2D eigenvalue weighted by atomic mass is 10.1. The molecule has 202 valence electrons. The summed E-state index contributed by atoms with van der Waals surface area (Å²) in [6, 6.07) is 16.0. The van der Waals surface area contributed by atoms with Gasteiger partial charge in [0, 0.05) is 36.6 Å². The summed E-state index contributed by atoms with van der Waals surface area (Å²) in [4.78, 5) is 33.0. The SMILES string of the molecule is C=C(C)C(=O)NCCOC(=O)NCc1ccc(Cn2c(C3CCOC3)nc3c(N)nc4ccccc4c32)cc1. The number of hydrogen-bond acceptors (Lipinski definition) is 7. The van der Waals surface area contributed by atoms with Gasteiger partial charge in [0.2, 0.25) is 5.91 Å². The average molecular weight is 529 g/mol. The van der Waals surface area contributed by atoms with Gasteiger partial charge >= 0.3 is 6.09 Å². The topological polar surface area (TPSA) is 133 Å². The second-order valence-corrected chi connectivity index (χ2v) is 9.67. The molecule has 3 heterocycles. The molecule has 39 heavy (non-hydrogen) atoms. The molecule has 4 aromatic rings. The van der Waals surface area contributed by atoms with E-state index in [4.69, 9.17) is 20.2 Å². The fourth-order valence-electron chi connectivity index (χ4n) is 4.72. The quantitative estimate of drug-likeness (QED) is 0.223. The van der Waals surface area contributed by atoms with Gasteiger partial charge in [0.05, 0.1) is 24.2 Å². The number of pyridine rings is 1. The summed E-state index contributed by atoms with van der Waals surface area (Å²) >= 11 is 0. The summed E-state index contributed by atoms with van der Waals surface area (Å²) in [5.41, 5.74) is 11.3. The molecule has 10 heteroatoms. The number of anilines is 1. The van der Waals surface area contributed by atoms with Crippen molar-refractivity contribution < 1.29 is 19.1 Å². The smallest absolute Gasteiger partial charge is 0.407 e. The maximum absolute atomic E-state index is 12.0. The van der Waals surface area contributed by atoms with E-state index in [0.717, 1.165) is 46.4 Å². The lowest BCUT2D eigenvalue weighted by Crippen LogP contribution is -2.31. The highest BCUT2D eigenvalue weighted by Gasteiger charge is 2.26. The lowest BCUT2D eigenvalue weighted by molar-refractivity contribution is -0.117. The number of benzene rings is 2. The van der Waals surface area contributed by atoms with Crippen molar-refractivity contribution in [2.75, 3.05) is 32.1 Å². The molecule has 1 aliphatic heterocycles. The molecule has 4 N–H and O–H groups in total. The van der Waals surface area contributed by atoms with Gasteiger partial charge in [-0.05, 0) is 30.5 Å². The molecule has 0 radical (unpaired) electrons. The van der Waals surface area contributed by atoms with E-state index in [1.54, 1.807) is 6.92 Å². The normalized spacial score (nSPS) is 14.9. The minimum atomic E-state index is -0.546. The van der Waals surface area contributed by atoms with Crippen molar-refractivity contribution in [2.24, 2.45) is 0 Å². The largest absolute Gasteiger partial charge is 0.448 e. The van der Waals surface area contributed by atoms with Crippen LogP contribution in [0, 0.1) is 0 Å². The number of nitrogens with two attached hydrogens (primary N) is 1. The Kier molecular flexibility index (Phi) is 7.74. The van der Waals surface area contributed by atoms with E-state index in [1.807, 2.05) is 42.5 Å². The van der Waals surface area contributed by atoms with Crippen LogP contribution < -0.4 is 16.4 Å².